The first-order chi connectivity index (χ1) is 10.9. The maximum atomic E-state index is 12.2. The number of nitriles is 1. The maximum absolute atomic E-state index is 12.2. The fraction of sp³-hybridized carbons (Fsp3) is 0.125. The molecule has 118 valence electrons. The molecule has 2 aromatic carbocycles. The van der Waals surface area contributed by atoms with E-state index in [0.29, 0.717) is 27.0 Å². The lowest BCUT2D eigenvalue weighted by molar-refractivity contribution is -0.122. The number of amides is 1. The summed E-state index contributed by atoms with van der Waals surface area (Å²) in [5, 5.41) is 12.3. The summed E-state index contributed by atoms with van der Waals surface area (Å²) in [5.41, 5.74) is 0.726. The first kappa shape index (κ1) is 17.4. The van der Waals surface area contributed by atoms with Crippen LogP contribution in [0, 0.1) is 11.3 Å². The van der Waals surface area contributed by atoms with Crippen molar-refractivity contribution < 1.29 is 9.53 Å². The van der Waals surface area contributed by atoms with Crippen LogP contribution in [0.1, 0.15) is 12.5 Å². The Bertz CT molecular complexity index is 767. The topological polar surface area (TPSA) is 62.1 Å². The zero-order valence-electron chi connectivity index (χ0n) is 11.9. The molecule has 0 aliphatic carbocycles. The van der Waals surface area contributed by atoms with Gasteiger partial charge in [-0.2, -0.15) is 5.26 Å². The second-order valence-corrected chi connectivity index (χ2v) is 5.82. The minimum atomic E-state index is -0.840. The quantitative estimate of drug-likeness (QED) is 0.831. The molecule has 0 saturated carbocycles. The van der Waals surface area contributed by atoms with Crippen LogP contribution in [0.4, 0.5) is 5.69 Å². The molecule has 0 aliphatic heterocycles. The van der Waals surface area contributed by atoms with Crippen molar-refractivity contribution in [3.05, 3.63) is 57.0 Å². The summed E-state index contributed by atoms with van der Waals surface area (Å²) in [4.78, 5) is 12.2. The maximum Gasteiger partial charge on any atom is 0.265 e. The smallest absolute Gasteiger partial charge is 0.265 e. The summed E-state index contributed by atoms with van der Waals surface area (Å²) >= 11 is 18.0. The van der Waals surface area contributed by atoms with Gasteiger partial charge in [0.1, 0.15) is 5.75 Å². The van der Waals surface area contributed by atoms with E-state index in [2.05, 4.69) is 5.32 Å². The molecule has 0 aromatic heterocycles. The Hall–Kier alpha value is -1.93. The third kappa shape index (κ3) is 4.29. The number of nitrogens with zero attached hydrogens (tertiary/aromatic N) is 1. The summed E-state index contributed by atoms with van der Waals surface area (Å²) in [6.07, 6.45) is -0.840. The van der Waals surface area contributed by atoms with Crippen molar-refractivity contribution >= 4 is 46.4 Å². The minimum Gasteiger partial charge on any atom is -0.479 e. The average Bonchev–Trinajstić information content (AvgIpc) is 2.52. The van der Waals surface area contributed by atoms with Gasteiger partial charge in [0, 0.05) is 0 Å². The number of ether oxygens (including phenoxy) is 1. The summed E-state index contributed by atoms with van der Waals surface area (Å²) in [6.45, 7) is 1.56. The summed E-state index contributed by atoms with van der Waals surface area (Å²) < 4.78 is 5.52. The van der Waals surface area contributed by atoms with Crippen molar-refractivity contribution in [3.8, 4) is 11.8 Å². The predicted molar refractivity (Wildman–Crippen MR) is 91.3 cm³/mol. The van der Waals surface area contributed by atoms with E-state index in [1.807, 2.05) is 6.07 Å². The minimum absolute atomic E-state index is 0.250. The molecule has 0 unspecified atom stereocenters. The molecule has 0 radical (unpaired) electrons. The highest BCUT2D eigenvalue weighted by Gasteiger charge is 2.18. The van der Waals surface area contributed by atoms with E-state index in [0.717, 1.165) is 0 Å². The highest BCUT2D eigenvalue weighted by atomic mass is 35.5. The van der Waals surface area contributed by atoms with Gasteiger partial charge in [-0.05, 0) is 37.3 Å². The van der Waals surface area contributed by atoms with E-state index in [-0.39, 0.29) is 5.02 Å². The van der Waals surface area contributed by atoms with Gasteiger partial charge in [0.25, 0.3) is 5.91 Å². The third-order valence-electron chi connectivity index (χ3n) is 2.94. The third-order valence-corrected chi connectivity index (χ3v) is 3.87. The van der Waals surface area contributed by atoms with Crippen LogP contribution in [0.25, 0.3) is 0 Å². The Morgan fingerprint density at radius 1 is 1.17 bits per heavy atom. The van der Waals surface area contributed by atoms with Gasteiger partial charge in [0.15, 0.2) is 6.10 Å². The number of anilines is 1. The van der Waals surface area contributed by atoms with Gasteiger partial charge in [-0.15, -0.1) is 0 Å². The number of carbonyl (C=O) groups excluding carboxylic acids is 1. The van der Waals surface area contributed by atoms with Gasteiger partial charge >= 0.3 is 0 Å². The van der Waals surface area contributed by atoms with E-state index >= 15 is 0 Å². The van der Waals surface area contributed by atoms with Crippen molar-refractivity contribution in [1.82, 2.24) is 0 Å². The van der Waals surface area contributed by atoms with E-state index in [1.165, 1.54) is 12.1 Å². The van der Waals surface area contributed by atoms with Crippen LogP contribution in [-0.4, -0.2) is 12.0 Å². The molecule has 23 heavy (non-hydrogen) atoms. The second-order valence-electron chi connectivity index (χ2n) is 4.60. The van der Waals surface area contributed by atoms with Crippen molar-refractivity contribution in [1.29, 1.82) is 5.26 Å². The number of hydrogen-bond donors (Lipinski definition) is 1. The van der Waals surface area contributed by atoms with Crippen molar-refractivity contribution in [3.63, 3.8) is 0 Å². The van der Waals surface area contributed by atoms with Crippen LogP contribution in [0.5, 0.6) is 5.75 Å². The Morgan fingerprint density at radius 2 is 1.83 bits per heavy atom. The van der Waals surface area contributed by atoms with Crippen LogP contribution in [0.3, 0.4) is 0 Å². The molecular weight excluding hydrogens is 359 g/mol. The lowest BCUT2D eigenvalue weighted by Crippen LogP contribution is -2.30. The molecule has 0 spiro atoms. The molecule has 1 atom stereocenters. The number of rotatable bonds is 4. The summed E-state index contributed by atoms with van der Waals surface area (Å²) in [6, 6.07) is 11.4. The Kier molecular flexibility index (Phi) is 5.73. The first-order valence-electron chi connectivity index (χ1n) is 6.53. The van der Waals surface area contributed by atoms with Crippen molar-refractivity contribution in [2.75, 3.05) is 5.32 Å². The number of nitrogens with one attached hydrogen (secondary N) is 1. The molecular formula is C16H11Cl3N2O2. The molecule has 0 heterocycles. The highest BCUT2D eigenvalue weighted by Crippen LogP contribution is 2.30. The second kappa shape index (κ2) is 7.56. The largest absolute Gasteiger partial charge is 0.479 e. The zero-order chi connectivity index (χ0) is 17.0. The molecule has 2 rings (SSSR count). The fourth-order valence-corrected chi connectivity index (χ4v) is 2.47. The monoisotopic (exact) mass is 368 g/mol. The molecule has 0 saturated heterocycles. The molecule has 4 nitrogen and oxygen atoms in total. The molecule has 1 amide bonds. The van der Waals surface area contributed by atoms with Gasteiger partial charge in [-0.25, -0.2) is 0 Å². The number of halogens is 3. The van der Waals surface area contributed by atoms with Crippen LogP contribution in [0.15, 0.2) is 36.4 Å². The normalized spacial score (nSPS) is 11.4. The first-order valence-corrected chi connectivity index (χ1v) is 7.67. The van der Waals surface area contributed by atoms with Crippen molar-refractivity contribution in [2.24, 2.45) is 0 Å². The molecule has 0 aliphatic rings. The van der Waals surface area contributed by atoms with Gasteiger partial charge in [-0.1, -0.05) is 40.9 Å². The van der Waals surface area contributed by atoms with E-state index in [4.69, 9.17) is 44.8 Å². The molecule has 0 fully saturated rings. The number of hydrogen-bond acceptors (Lipinski definition) is 3. The van der Waals surface area contributed by atoms with Gasteiger partial charge in [0.05, 0.1) is 32.4 Å². The van der Waals surface area contributed by atoms with Crippen molar-refractivity contribution in [2.45, 2.75) is 13.0 Å². The standard InChI is InChI=1S/C16H11Cl3N2O2/c1-9(23-14-6-5-10(8-20)7-13(14)19)16(22)21-15-11(17)3-2-4-12(15)18/h2-7,9H,1H3,(H,21,22)/t9-/m1/s1. The number of para-hydroxylation sites is 1. The molecule has 2 aromatic rings. The van der Waals surface area contributed by atoms with Crippen LogP contribution in [0.2, 0.25) is 15.1 Å². The number of carbonyl (C=O) groups is 1. The van der Waals surface area contributed by atoms with E-state index in [9.17, 15) is 4.79 Å². The van der Waals surface area contributed by atoms with E-state index < -0.39 is 12.0 Å². The summed E-state index contributed by atoms with van der Waals surface area (Å²) in [7, 11) is 0. The molecule has 0 bridgehead atoms. The fourth-order valence-electron chi connectivity index (χ4n) is 1.75. The SMILES string of the molecule is C[C@@H](Oc1ccc(C#N)cc1Cl)C(=O)Nc1c(Cl)cccc1Cl. The van der Waals surface area contributed by atoms with Gasteiger partial charge in [-0.3, -0.25) is 4.79 Å². The van der Waals surface area contributed by atoms with Crippen LogP contribution in [-0.2, 0) is 4.79 Å². The Balaban J connectivity index is 2.10. The average molecular weight is 370 g/mol. The summed E-state index contributed by atoms with van der Waals surface area (Å²) in [5.74, 6) is -0.126. The predicted octanol–water partition coefficient (Wildman–Crippen LogP) is 4.92. The number of benzene rings is 2. The molecule has 7 heteroatoms. The molecule has 1 N–H and O–H groups in total. The van der Waals surface area contributed by atoms with Gasteiger partial charge < -0.3 is 10.1 Å². The Labute approximate surface area is 148 Å². The van der Waals surface area contributed by atoms with Crippen LogP contribution < -0.4 is 10.1 Å². The van der Waals surface area contributed by atoms with Crippen LogP contribution >= 0.6 is 34.8 Å². The lowest BCUT2D eigenvalue weighted by atomic mass is 10.2. The van der Waals surface area contributed by atoms with E-state index in [1.54, 1.807) is 31.2 Å². The van der Waals surface area contributed by atoms with Gasteiger partial charge in [0.2, 0.25) is 0 Å². The zero-order valence-corrected chi connectivity index (χ0v) is 14.2. The highest BCUT2D eigenvalue weighted by molar-refractivity contribution is 6.39. The lowest BCUT2D eigenvalue weighted by Gasteiger charge is -2.16. The Morgan fingerprint density at radius 3 is 2.39 bits per heavy atom.